The molecule has 1 aromatic heterocycles. The van der Waals surface area contributed by atoms with Crippen LogP contribution in [0.1, 0.15) is 37.1 Å². The third kappa shape index (κ3) is 6.67. The minimum absolute atomic E-state index is 0.00474. The number of hydrogen-bond acceptors (Lipinski definition) is 6. The Labute approximate surface area is 198 Å². The number of aryl methyl sites for hydroxylation is 1. The summed E-state index contributed by atoms with van der Waals surface area (Å²) in [5, 5.41) is 12.7. The fourth-order valence-electron chi connectivity index (χ4n) is 3.07. The highest BCUT2D eigenvalue weighted by Crippen LogP contribution is 2.31. The van der Waals surface area contributed by atoms with Gasteiger partial charge in [-0.1, -0.05) is 25.5 Å². The molecule has 0 unspecified atom stereocenters. The van der Waals surface area contributed by atoms with Crippen molar-refractivity contribution >= 4 is 28.5 Å². The number of carbonyl (C=O) groups excluding carboxylic acids is 1. The van der Waals surface area contributed by atoms with Crippen LogP contribution < -0.4 is 14.8 Å². The van der Waals surface area contributed by atoms with E-state index in [2.05, 4.69) is 17.2 Å². The molecule has 0 radical (unpaired) electrons. The lowest BCUT2D eigenvalue weighted by atomic mass is 10.1. The summed E-state index contributed by atoms with van der Waals surface area (Å²) in [6.45, 7) is 7.28. The largest absolute Gasteiger partial charge is 0.494 e. The summed E-state index contributed by atoms with van der Waals surface area (Å²) in [5.41, 5.74) is 2.48. The first-order valence-corrected chi connectivity index (χ1v) is 11.7. The van der Waals surface area contributed by atoms with Gasteiger partial charge in [-0.05, 0) is 68.3 Å². The van der Waals surface area contributed by atoms with Gasteiger partial charge in [-0.2, -0.15) is 5.26 Å². The number of amides is 1. The lowest BCUT2D eigenvalue weighted by Crippen LogP contribution is -2.13. The molecular formula is C26H27N3O3S. The van der Waals surface area contributed by atoms with Gasteiger partial charge in [0.05, 0.1) is 18.9 Å². The van der Waals surface area contributed by atoms with Crippen molar-refractivity contribution in [1.29, 1.82) is 5.26 Å². The molecule has 3 aromatic rings. The second-order valence-electron chi connectivity index (χ2n) is 7.28. The van der Waals surface area contributed by atoms with Crippen LogP contribution in [0.15, 0.2) is 54.1 Å². The summed E-state index contributed by atoms with van der Waals surface area (Å²) in [6.07, 6.45) is 3.62. The lowest BCUT2D eigenvalue weighted by Gasteiger charge is -2.05. The first-order chi connectivity index (χ1) is 16.0. The molecule has 0 aliphatic carbocycles. The van der Waals surface area contributed by atoms with E-state index in [1.165, 1.54) is 11.3 Å². The number of anilines is 1. The third-order valence-electron chi connectivity index (χ3n) is 4.78. The molecule has 0 saturated carbocycles. The van der Waals surface area contributed by atoms with Crippen molar-refractivity contribution in [3.63, 3.8) is 0 Å². The van der Waals surface area contributed by atoms with E-state index < -0.39 is 5.91 Å². The van der Waals surface area contributed by atoms with Gasteiger partial charge in [-0.3, -0.25) is 10.1 Å². The molecule has 0 saturated heterocycles. The molecule has 1 amide bonds. The van der Waals surface area contributed by atoms with Crippen LogP contribution in [0.3, 0.4) is 0 Å². The Kier molecular flexibility index (Phi) is 8.62. The number of thiazole rings is 1. The molecule has 0 aliphatic heterocycles. The van der Waals surface area contributed by atoms with Crippen LogP contribution in [0.2, 0.25) is 0 Å². The van der Waals surface area contributed by atoms with Gasteiger partial charge in [0.1, 0.15) is 23.1 Å². The molecule has 0 spiro atoms. The number of unbranched alkanes of at least 4 members (excludes halogenated alkanes) is 1. The van der Waals surface area contributed by atoms with Crippen LogP contribution in [0.4, 0.5) is 5.13 Å². The molecule has 33 heavy (non-hydrogen) atoms. The van der Waals surface area contributed by atoms with Crippen molar-refractivity contribution < 1.29 is 14.3 Å². The maximum Gasteiger partial charge on any atom is 0.268 e. The number of carbonyl (C=O) groups is 1. The van der Waals surface area contributed by atoms with Gasteiger partial charge >= 0.3 is 0 Å². The average molecular weight is 462 g/mol. The third-order valence-corrected chi connectivity index (χ3v) is 5.66. The van der Waals surface area contributed by atoms with Crippen LogP contribution in [0.25, 0.3) is 17.3 Å². The lowest BCUT2D eigenvalue weighted by molar-refractivity contribution is -0.112. The van der Waals surface area contributed by atoms with Crippen molar-refractivity contribution in [1.82, 2.24) is 4.98 Å². The predicted octanol–water partition coefficient (Wildman–Crippen LogP) is 6.24. The summed E-state index contributed by atoms with van der Waals surface area (Å²) in [7, 11) is 0. The van der Waals surface area contributed by atoms with Crippen molar-refractivity contribution in [2.75, 3.05) is 18.5 Å². The zero-order valence-electron chi connectivity index (χ0n) is 19.1. The number of nitriles is 1. The molecule has 6 nitrogen and oxygen atoms in total. The molecule has 0 fully saturated rings. The van der Waals surface area contributed by atoms with E-state index in [0.29, 0.717) is 18.3 Å². The highest BCUT2D eigenvalue weighted by molar-refractivity contribution is 7.16. The highest BCUT2D eigenvalue weighted by atomic mass is 32.1. The summed E-state index contributed by atoms with van der Waals surface area (Å²) in [6, 6.07) is 17.0. The SMILES string of the molecule is CCCCOc1ccc(/C=C(\C#N)C(=O)Nc2nc(-c3ccc(OCC)cc3)c(C)s2)cc1. The van der Waals surface area contributed by atoms with Gasteiger partial charge in [0.2, 0.25) is 0 Å². The Balaban J connectivity index is 1.69. The molecule has 170 valence electrons. The average Bonchev–Trinajstić information content (AvgIpc) is 3.19. The van der Waals surface area contributed by atoms with Crippen molar-refractivity contribution in [2.45, 2.75) is 33.6 Å². The normalized spacial score (nSPS) is 11.0. The minimum atomic E-state index is -0.493. The Morgan fingerprint density at radius 3 is 2.39 bits per heavy atom. The van der Waals surface area contributed by atoms with E-state index >= 15 is 0 Å². The quantitative estimate of drug-likeness (QED) is 0.219. The number of nitrogens with one attached hydrogen (secondary N) is 1. The maximum absolute atomic E-state index is 12.7. The Morgan fingerprint density at radius 2 is 1.76 bits per heavy atom. The second-order valence-corrected chi connectivity index (χ2v) is 8.48. The number of ether oxygens (including phenoxy) is 2. The van der Waals surface area contributed by atoms with E-state index in [1.54, 1.807) is 6.08 Å². The van der Waals surface area contributed by atoms with Crippen molar-refractivity contribution in [3.05, 3.63) is 64.5 Å². The molecule has 0 atom stereocenters. The van der Waals surface area contributed by atoms with Gasteiger partial charge in [0.15, 0.2) is 5.13 Å². The molecule has 1 N–H and O–H groups in total. The summed E-state index contributed by atoms with van der Waals surface area (Å²) in [4.78, 5) is 18.2. The Hall–Kier alpha value is -3.63. The Morgan fingerprint density at radius 1 is 1.09 bits per heavy atom. The first kappa shape index (κ1) is 24.0. The standard InChI is InChI=1S/C26H27N3O3S/c1-4-6-15-32-23-11-7-19(8-12-23)16-21(17-27)25(30)29-26-28-24(18(3)33-26)20-9-13-22(14-10-20)31-5-2/h7-14,16H,4-6,15H2,1-3H3,(H,28,29,30)/b21-16+. The van der Waals surface area contributed by atoms with E-state index in [-0.39, 0.29) is 5.57 Å². The molecule has 0 bridgehead atoms. The van der Waals surface area contributed by atoms with E-state index in [1.807, 2.05) is 68.4 Å². The van der Waals surface area contributed by atoms with Crippen LogP contribution in [0, 0.1) is 18.3 Å². The molecule has 2 aromatic carbocycles. The van der Waals surface area contributed by atoms with E-state index in [9.17, 15) is 10.1 Å². The fraction of sp³-hybridized carbons (Fsp3) is 0.269. The van der Waals surface area contributed by atoms with Gasteiger partial charge in [-0.15, -0.1) is 11.3 Å². The van der Waals surface area contributed by atoms with Crippen LogP contribution in [-0.4, -0.2) is 24.1 Å². The minimum Gasteiger partial charge on any atom is -0.494 e. The number of hydrogen-bond donors (Lipinski definition) is 1. The number of aromatic nitrogens is 1. The Bertz CT molecular complexity index is 1140. The highest BCUT2D eigenvalue weighted by Gasteiger charge is 2.15. The van der Waals surface area contributed by atoms with E-state index in [4.69, 9.17) is 9.47 Å². The van der Waals surface area contributed by atoms with Crippen LogP contribution in [-0.2, 0) is 4.79 Å². The molecular weight excluding hydrogens is 434 g/mol. The first-order valence-electron chi connectivity index (χ1n) is 10.9. The zero-order chi connectivity index (χ0) is 23.6. The molecule has 1 heterocycles. The van der Waals surface area contributed by atoms with Crippen molar-refractivity contribution in [3.8, 4) is 28.8 Å². The predicted molar refractivity (Wildman–Crippen MR) is 133 cm³/mol. The van der Waals surface area contributed by atoms with Gasteiger partial charge in [0, 0.05) is 10.4 Å². The number of nitrogens with zero attached hydrogens (tertiary/aromatic N) is 2. The number of benzene rings is 2. The number of rotatable bonds is 10. The van der Waals surface area contributed by atoms with Crippen molar-refractivity contribution in [2.24, 2.45) is 0 Å². The maximum atomic E-state index is 12.7. The fourth-order valence-corrected chi connectivity index (χ4v) is 3.90. The van der Waals surface area contributed by atoms with Gasteiger partial charge < -0.3 is 9.47 Å². The molecule has 3 rings (SSSR count). The topological polar surface area (TPSA) is 84.2 Å². The second kappa shape index (κ2) is 11.8. The zero-order valence-corrected chi connectivity index (χ0v) is 19.9. The monoisotopic (exact) mass is 461 g/mol. The van der Waals surface area contributed by atoms with Crippen LogP contribution in [0.5, 0.6) is 11.5 Å². The molecule has 0 aliphatic rings. The van der Waals surface area contributed by atoms with Gasteiger partial charge in [0.25, 0.3) is 5.91 Å². The summed E-state index contributed by atoms with van der Waals surface area (Å²) < 4.78 is 11.1. The molecule has 7 heteroatoms. The smallest absolute Gasteiger partial charge is 0.268 e. The summed E-state index contributed by atoms with van der Waals surface area (Å²) >= 11 is 1.37. The van der Waals surface area contributed by atoms with Gasteiger partial charge in [-0.25, -0.2) is 4.98 Å². The van der Waals surface area contributed by atoms with E-state index in [0.717, 1.165) is 46.0 Å². The summed E-state index contributed by atoms with van der Waals surface area (Å²) in [5.74, 6) is 1.07. The van der Waals surface area contributed by atoms with Crippen LogP contribution >= 0.6 is 11.3 Å².